The number of halogens is 1. The minimum atomic E-state index is 0.464. The summed E-state index contributed by atoms with van der Waals surface area (Å²) in [6.45, 7) is 0. The average molecular weight is 240 g/mol. The second kappa shape index (κ2) is 4.51. The van der Waals surface area contributed by atoms with Crippen molar-refractivity contribution in [3.63, 3.8) is 0 Å². The summed E-state index contributed by atoms with van der Waals surface area (Å²) in [5, 5.41) is 0.981. The molecule has 1 aromatic carbocycles. The standard InChI is InChI=1S/C10H6ClNO2S/c11-8-3-1-2-7(6-13)9(8)15-10-12-4-5-14-10/h1-6H. The first-order valence-corrected chi connectivity index (χ1v) is 5.32. The van der Waals surface area contributed by atoms with E-state index in [1.54, 1.807) is 24.4 Å². The number of hydrogen-bond donors (Lipinski definition) is 0. The van der Waals surface area contributed by atoms with Crippen LogP contribution in [-0.2, 0) is 0 Å². The van der Waals surface area contributed by atoms with Gasteiger partial charge in [-0.1, -0.05) is 23.7 Å². The Labute approximate surface area is 95.5 Å². The second-order valence-corrected chi connectivity index (χ2v) is 4.04. The zero-order valence-corrected chi connectivity index (χ0v) is 9.09. The van der Waals surface area contributed by atoms with Crippen molar-refractivity contribution in [2.75, 3.05) is 0 Å². The smallest absolute Gasteiger partial charge is 0.260 e. The lowest BCUT2D eigenvalue weighted by Crippen LogP contribution is -1.85. The molecule has 0 bridgehead atoms. The summed E-state index contributed by atoms with van der Waals surface area (Å²) in [4.78, 5) is 15.4. The van der Waals surface area contributed by atoms with Crippen molar-refractivity contribution < 1.29 is 9.21 Å². The van der Waals surface area contributed by atoms with Crippen LogP contribution in [0.15, 0.2) is 45.2 Å². The maximum Gasteiger partial charge on any atom is 0.260 e. The molecule has 0 aliphatic heterocycles. The summed E-state index contributed by atoms with van der Waals surface area (Å²) in [6.07, 6.45) is 3.77. The Morgan fingerprint density at radius 3 is 3.00 bits per heavy atom. The zero-order chi connectivity index (χ0) is 10.7. The van der Waals surface area contributed by atoms with E-state index in [-0.39, 0.29) is 0 Å². The summed E-state index contributed by atoms with van der Waals surface area (Å²) >= 11 is 7.21. The molecule has 2 aromatic rings. The van der Waals surface area contributed by atoms with E-state index in [4.69, 9.17) is 16.0 Å². The number of aromatic nitrogens is 1. The summed E-state index contributed by atoms with van der Waals surface area (Å²) in [6, 6.07) is 5.15. The van der Waals surface area contributed by atoms with Crippen molar-refractivity contribution in [1.82, 2.24) is 4.98 Å². The molecule has 1 aromatic heterocycles. The van der Waals surface area contributed by atoms with Crippen molar-refractivity contribution in [2.45, 2.75) is 10.1 Å². The summed E-state index contributed by atoms with van der Waals surface area (Å²) < 4.78 is 5.07. The minimum absolute atomic E-state index is 0.464. The number of hydrogen-bond acceptors (Lipinski definition) is 4. The predicted molar refractivity (Wildman–Crippen MR) is 57.5 cm³/mol. The molecule has 0 fully saturated rings. The van der Waals surface area contributed by atoms with E-state index in [2.05, 4.69) is 4.98 Å². The van der Waals surface area contributed by atoms with Gasteiger partial charge >= 0.3 is 0 Å². The van der Waals surface area contributed by atoms with Crippen LogP contribution in [0.4, 0.5) is 0 Å². The minimum Gasteiger partial charge on any atom is -0.440 e. The molecule has 0 spiro atoms. The van der Waals surface area contributed by atoms with Gasteiger partial charge in [-0.25, -0.2) is 4.98 Å². The van der Waals surface area contributed by atoms with Gasteiger partial charge in [0.25, 0.3) is 5.22 Å². The molecule has 0 atom stereocenters. The van der Waals surface area contributed by atoms with Crippen LogP contribution in [0.5, 0.6) is 0 Å². The Kier molecular flexibility index (Phi) is 3.08. The van der Waals surface area contributed by atoms with E-state index in [1.165, 1.54) is 18.0 Å². The molecular weight excluding hydrogens is 234 g/mol. The van der Waals surface area contributed by atoms with Gasteiger partial charge in [-0.2, -0.15) is 0 Å². The lowest BCUT2D eigenvalue weighted by molar-refractivity contribution is 0.112. The van der Waals surface area contributed by atoms with E-state index in [0.29, 0.717) is 20.7 Å². The molecule has 0 N–H and O–H groups in total. The Morgan fingerprint density at radius 1 is 1.47 bits per heavy atom. The number of aldehydes is 1. The molecule has 0 saturated carbocycles. The molecule has 2 rings (SSSR count). The third-order valence-electron chi connectivity index (χ3n) is 1.72. The monoisotopic (exact) mass is 239 g/mol. The van der Waals surface area contributed by atoms with Crippen LogP contribution >= 0.6 is 23.4 Å². The Morgan fingerprint density at radius 2 is 2.33 bits per heavy atom. The normalized spacial score (nSPS) is 10.2. The fourth-order valence-electron chi connectivity index (χ4n) is 1.07. The third kappa shape index (κ3) is 2.22. The highest BCUT2D eigenvalue weighted by atomic mass is 35.5. The highest BCUT2D eigenvalue weighted by Crippen LogP contribution is 2.34. The van der Waals surface area contributed by atoms with Gasteiger partial charge in [0.15, 0.2) is 6.29 Å². The number of carbonyl (C=O) groups is 1. The number of benzene rings is 1. The lowest BCUT2D eigenvalue weighted by Gasteiger charge is -2.03. The molecular formula is C10H6ClNO2S. The molecule has 0 aliphatic rings. The average Bonchev–Trinajstić information content (AvgIpc) is 2.74. The van der Waals surface area contributed by atoms with E-state index < -0.39 is 0 Å². The fraction of sp³-hybridized carbons (Fsp3) is 0. The van der Waals surface area contributed by atoms with Gasteiger partial charge in [-0.3, -0.25) is 4.79 Å². The first kappa shape index (κ1) is 10.3. The van der Waals surface area contributed by atoms with E-state index in [1.807, 2.05) is 0 Å². The second-order valence-electron chi connectivity index (χ2n) is 2.68. The molecule has 0 unspecified atom stereocenters. The number of nitrogens with zero attached hydrogens (tertiary/aromatic N) is 1. The molecule has 0 saturated heterocycles. The topological polar surface area (TPSA) is 43.1 Å². The summed E-state index contributed by atoms with van der Waals surface area (Å²) in [5.41, 5.74) is 0.533. The van der Waals surface area contributed by atoms with E-state index in [0.717, 1.165) is 6.29 Å². The van der Waals surface area contributed by atoms with Gasteiger partial charge in [0.1, 0.15) is 6.26 Å². The van der Waals surface area contributed by atoms with Gasteiger partial charge in [0.05, 0.1) is 11.2 Å². The predicted octanol–water partition coefficient (Wildman–Crippen LogP) is 3.29. The quantitative estimate of drug-likeness (QED) is 0.771. The lowest BCUT2D eigenvalue weighted by atomic mass is 10.2. The van der Waals surface area contributed by atoms with Crippen LogP contribution in [0.25, 0.3) is 0 Å². The van der Waals surface area contributed by atoms with Gasteiger partial charge in [0.2, 0.25) is 0 Å². The van der Waals surface area contributed by atoms with Crippen LogP contribution in [0.3, 0.4) is 0 Å². The van der Waals surface area contributed by atoms with Crippen LogP contribution in [0, 0.1) is 0 Å². The highest BCUT2D eigenvalue weighted by Gasteiger charge is 2.10. The van der Waals surface area contributed by atoms with Crippen molar-refractivity contribution in [1.29, 1.82) is 0 Å². The summed E-state index contributed by atoms with van der Waals surface area (Å²) in [7, 11) is 0. The first-order chi connectivity index (χ1) is 7.31. The number of carbonyl (C=O) groups excluding carboxylic acids is 1. The largest absolute Gasteiger partial charge is 0.440 e. The molecule has 76 valence electrons. The Balaban J connectivity index is 2.38. The SMILES string of the molecule is O=Cc1cccc(Cl)c1Sc1ncco1. The van der Waals surface area contributed by atoms with E-state index in [9.17, 15) is 4.79 Å². The summed E-state index contributed by atoms with van der Waals surface area (Å²) in [5.74, 6) is 0. The van der Waals surface area contributed by atoms with Crippen LogP contribution in [0.2, 0.25) is 5.02 Å². The molecule has 3 nitrogen and oxygen atoms in total. The Hall–Kier alpha value is -1.26. The molecule has 0 amide bonds. The molecule has 0 radical (unpaired) electrons. The molecule has 5 heteroatoms. The first-order valence-electron chi connectivity index (χ1n) is 4.12. The van der Waals surface area contributed by atoms with Gasteiger partial charge in [0, 0.05) is 10.5 Å². The van der Waals surface area contributed by atoms with Crippen molar-refractivity contribution in [3.05, 3.63) is 41.2 Å². The maximum absolute atomic E-state index is 10.8. The van der Waals surface area contributed by atoms with Gasteiger partial charge in [-0.05, 0) is 17.8 Å². The zero-order valence-electron chi connectivity index (χ0n) is 7.51. The number of rotatable bonds is 3. The van der Waals surface area contributed by atoms with Crippen LogP contribution < -0.4 is 0 Å². The van der Waals surface area contributed by atoms with Crippen LogP contribution in [-0.4, -0.2) is 11.3 Å². The molecule has 1 heterocycles. The molecule has 0 aliphatic carbocycles. The number of oxazole rings is 1. The molecule has 15 heavy (non-hydrogen) atoms. The van der Waals surface area contributed by atoms with Gasteiger partial charge < -0.3 is 4.42 Å². The van der Waals surface area contributed by atoms with E-state index >= 15 is 0 Å². The van der Waals surface area contributed by atoms with Gasteiger partial charge in [-0.15, -0.1) is 0 Å². The fourth-order valence-corrected chi connectivity index (χ4v) is 2.16. The van der Waals surface area contributed by atoms with Crippen molar-refractivity contribution in [2.24, 2.45) is 0 Å². The van der Waals surface area contributed by atoms with Crippen molar-refractivity contribution >= 4 is 29.6 Å². The van der Waals surface area contributed by atoms with Crippen LogP contribution in [0.1, 0.15) is 10.4 Å². The van der Waals surface area contributed by atoms with Crippen molar-refractivity contribution in [3.8, 4) is 0 Å². The third-order valence-corrected chi connectivity index (χ3v) is 3.19. The highest BCUT2D eigenvalue weighted by molar-refractivity contribution is 7.99. The Bertz CT molecular complexity index is 470. The maximum atomic E-state index is 10.8.